The van der Waals surface area contributed by atoms with Gasteiger partial charge >= 0.3 is 17.9 Å². The van der Waals surface area contributed by atoms with Crippen LogP contribution in [0.25, 0.3) is 0 Å². The average Bonchev–Trinajstić information content (AvgIpc) is 3.28. The minimum absolute atomic E-state index is 0.0379. The molecule has 8 nitrogen and oxygen atoms in total. The van der Waals surface area contributed by atoms with E-state index in [9.17, 15) is 19.2 Å². The van der Waals surface area contributed by atoms with Gasteiger partial charge in [-0.3, -0.25) is 19.2 Å². The Morgan fingerprint density at radius 3 is 1.00 bits per heavy atom. The summed E-state index contributed by atoms with van der Waals surface area (Å²) in [6.45, 7) is 6.41. The molecule has 0 spiro atoms. The number of rotatable bonds is 50. The van der Waals surface area contributed by atoms with Crippen LogP contribution in [0.5, 0.6) is 0 Å². The third-order valence-electron chi connectivity index (χ3n) is 12.6. The third-order valence-corrected chi connectivity index (χ3v) is 13.0. The summed E-state index contributed by atoms with van der Waals surface area (Å²) in [5, 5.41) is 0. The van der Waals surface area contributed by atoms with Crippen molar-refractivity contribution in [3.05, 3.63) is 0 Å². The molecule has 0 aliphatic rings. The summed E-state index contributed by atoms with van der Waals surface area (Å²) in [6.07, 6.45) is 44.7. The first kappa shape index (κ1) is 61.4. The Labute approximate surface area is 395 Å². The van der Waals surface area contributed by atoms with Crippen LogP contribution in [-0.4, -0.2) is 54.3 Å². The summed E-state index contributed by atoms with van der Waals surface area (Å²) < 4.78 is 17.2. The second kappa shape index (κ2) is 48.3. The summed E-state index contributed by atoms with van der Waals surface area (Å²) in [6, 6.07) is -1.04. The van der Waals surface area contributed by atoms with Gasteiger partial charge in [0.15, 0.2) is 18.0 Å². The summed E-state index contributed by atoms with van der Waals surface area (Å²) in [5.41, 5.74) is 5.96. The van der Waals surface area contributed by atoms with Crippen LogP contribution in [0.1, 0.15) is 290 Å². The number of Topliss-reactive ketones (excluding diaryl/α,β-unsaturated/α-hetero) is 1. The molecule has 9 heteroatoms. The van der Waals surface area contributed by atoms with Gasteiger partial charge in [-0.15, -0.1) is 0 Å². The number of carbonyl (C=O) groups is 4. The molecule has 0 aromatic rings. The lowest BCUT2D eigenvalue weighted by Crippen LogP contribution is -2.47. The third kappa shape index (κ3) is 41.6. The first-order chi connectivity index (χ1) is 30.8. The van der Waals surface area contributed by atoms with Gasteiger partial charge in [0.05, 0.1) is 0 Å². The molecule has 0 bridgehead atoms. The molecule has 1 unspecified atom stereocenters. The Hall–Kier alpha value is -1.61. The van der Waals surface area contributed by atoms with Crippen LogP contribution in [0, 0.1) is 0 Å². The van der Waals surface area contributed by atoms with Gasteiger partial charge in [0.1, 0.15) is 12.6 Å². The highest BCUT2D eigenvalue weighted by Crippen LogP contribution is 2.19. The van der Waals surface area contributed by atoms with E-state index >= 15 is 0 Å². The van der Waals surface area contributed by atoms with Crippen molar-refractivity contribution < 1.29 is 33.4 Å². The Bertz CT molecular complexity index is 1040. The second-order valence-electron chi connectivity index (χ2n) is 18.8. The number of ether oxygens (including phenoxy) is 3. The van der Waals surface area contributed by atoms with Crippen molar-refractivity contribution in [2.24, 2.45) is 5.73 Å². The number of unbranched alkanes of at least 4 members (excludes halogenated alkanes) is 36. The number of carbonyl (C=O) groups excluding carboxylic acids is 4. The minimum Gasteiger partial charge on any atom is -0.462 e. The normalized spacial score (nSPS) is 12.8. The lowest BCUT2D eigenvalue weighted by Gasteiger charge is -2.27. The zero-order chi connectivity index (χ0) is 46.3. The first-order valence-electron chi connectivity index (χ1n) is 27.2. The summed E-state index contributed by atoms with van der Waals surface area (Å²) in [7, 11) is 0. The highest BCUT2D eigenvalue weighted by atomic mass is 32.1. The van der Waals surface area contributed by atoms with Crippen molar-refractivity contribution in [2.45, 2.75) is 309 Å². The fourth-order valence-corrected chi connectivity index (χ4v) is 8.48. The van der Waals surface area contributed by atoms with E-state index in [0.29, 0.717) is 19.3 Å². The van der Waals surface area contributed by atoms with Crippen molar-refractivity contribution in [2.75, 3.05) is 12.4 Å². The lowest BCUT2D eigenvalue weighted by molar-refractivity contribution is -0.179. The van der Waals surface area contributed by atoms with E-state index in [1.807, 2.05) is 0 Å². The molecule has 372 valence electrons. The molecule has 0 aliphatic heterocycles. The number of esters is 3. The van der Waals surface area contributed by atoms with Crippen LogP contribution in [0.2, 0.25) is 0 Å². The van der Waals surface area contributed by atoms with Gasteiger partial charge in [0, 0.05) is 25.0 Å². The molecule has 0 amide bonds. The molecule has 0 aliphatic carbocycles. The van der Waals surface area contributed by atoms with Gasteiger partial charge in [-0.25, -0.2) is 0 Å². The predicted octanol–water partition coefficient (Wildman–Crippen LogP) is 15.6. The summed E-state index contributed by atoms with van der Waals surface area (Å²) in [5.74, 6) is -1.98. The molecule has 0 aromatic carbocycles. The fraction of sp³-hybridized carbons (Fsp3) is 0.926. The van der Waals surface area contributed by atoms with Crippen molar-refractivity contribution in [1.82, 2.24) is 0 Å². The Morgan fingerprint density at radius 2 is 0.683 bits per heavy atom. The molecular formula is C54H103NO7S. The maximum atomic E-state index is 13.8. The molecule has 0 aromatic heterocycles. The molecule has 3 atom stereocenters. The number of thiol groups is 1. The molecule has 0 radical (unpaired) electrons. The number of ketones is 1. The highest BCUT2D eigenvalue weighted by molar-refractivity contribution is 7.80. The standard InChI is InChI=1S/C54H103NO7S/c1-4-7-10-13-16-19-22-25-28-31-34-37-40-43-49(56)53(62-54(59)48(55)47-63)50(61-52(58)45-42-39-36-33-30-27-24-21-18-15-12-9-6-3)46-60-51(57)44-41-38-35-32-29-26-23-20-17-14-11-8-5-2/h48,50,53,63H,4-47,55H2,1-3H3/t48-,50-,53?/m0/s1. The zero-order valence-electron chi connectivity index (χ0n) is 41.7. The largest absolute Gasteiger partial charge is 0.462 e. The van der Waals surface area contributed by atoms with Crippen molar-refractivity contribution in [1.29, 1.82) is 0 Å². The maximum absolute atomic E-state index is 13.8. The molecular weight excluding hydrogens is 807 g/mol. The van der Waals surface area contributed by atoms with E-state index < -0.39 is 36.2 Å². The summed E-state index contributed by atoms with van der Waals surface area (Å²) >= 11 is 4.15. The number of hydrogen-bond donors (Lipinski definition) is 2. The van der Waals surface area contributed by atoms with Crippen LogP contribution in [0.4, 0.5) is 0 Å². The minimum atomic E-state index is -1.40. The first-order valence-corrected chi connectivity index (χ1v) is 27.9. The molecule has 0 rings (SSSR count). The molecule has 63 heavy (non-hydrogen) atoms. The van der Waals surface area contributed by atoms with E-state index in [2.05, 4.69) is 33.4 Å². The maximum Gasteiger partial charge on any atom is 0.324 e. The van der Waals surface area contributed by atoms with Gasteiger partial charge in [-0.1, -0.05) is 252 Å². The van der Waals surface area contributed by atoms with E-state index in [1.54, 1.807) is 0 Å². The SMILES string of the molecule is CCCCCCCCCCCCCCCC(=O)OC[C@H](OC(=O)CCCCCCCCCCCCCCC)C(OC(=O)[C@@H](N)CS)C(=O)CCCCCCCCCCCCCCC. The Kier molecular flexibility index (Phi) is 47.1. The molecule has 0 heterocycles. The van der Waals surface area contributed by atoms with Crippen LogP contribution < -0.4 is 5.73 Å². The molecule has 0 saturated heterocycles. The Balaban J connectivity index is 5.09. The predicted molar refractivity (Wildman–Crippen MR) is 268 cm³/mol. The van der Waals surface area contributed by atoms with Crippen molar-refractivity contribution in [3.63, 3.8) is 0 Å². The Morgan fingerprint density at radius 1 is 0.397 bits per heavy atom. The van der Waals surface area contributed by atoms with E-state index in [0.717, 1.165) is 51.4 Å². The number of nitrogens with two attached hydrogens (primary N) is 1. The smallest absolute Gasteiger partial charge is 0.324 e. The number of hydrogen-bond acceptors (Lipinski definition) is 9. The topological polar surface area (TPSA) is 122 Å². The van der Waals surface area contributed by atoms with Crippen molar-refractivity contribution >= 4 is 36.3 Å². The van der Waals surface area contributed by atoms with Crippen LogP contribution in [0.15, 0.2) is 0 Å². The fourth-order valence-electron chi connectivity index (χ4n) is 8.33. The van der Waals surface area contributed by atoms with Gasteiger partial charge in [-0.2, -0.15) is 12.6 Å². The van der Waals surface area contributed by atoms with E-state index in [1.165, 1.54) is 180 Å². The van der Waals surface area contributed by atoms with Crippen molar-refractivity contribution in [3.8, 4) is 0 Å². The zero-order valence-corrected chi connectivity index (χ0v) is 42.6. The van der Waals surface area contributed by atoms with Crippen LogP contribution in [0.3, 0.4) is 0 Å². The lowest BCUT2D eigenvalue weighted by atomic mass is 10.0. The van der Waals surface area contributed by atoms with Gasteiger partial charge < -0.3 is 19.9 Å². The van der Waals surface area contributed by atoms with E-state index in [-0.39, 0.29) is 37.4 Å². The molecule has 0 saturated carbocycles. The van der Waals surface area contributed by atoms with Gasteiger partial charge in [0.2, 0.25) is 0 Å². The van der Waals surface area contributed by atoms with Gasteiger partial charge in [0.25, 0.3) is 0 Å². The summed E-state index contributed by atoms with van der Waals surface area (Å²) in [4.78, 5) is 52.9. The van der Waals surface area contributed by atoms with E-state index in [4.69, 9.17) is 19.9 Å². The van der Waals surface area contributed by atoms with Crippen LogP contribution >= 0.6 is 12.6 Å². The average molecular weight is 910 g/mol. The van der Waals surface area contributed by atoms with Gasteiger partial charge in [-0.05, 0) is 19.3 Å². The molecule has 0 fully saturated rings. The van der Waals surface area contributed by atoms with Crippen LogP contribution in [-0.2, 0) is 33.4 Å². The second-order valence-corrected chi connectivity index (χ2v) is 19.2. The quantitative estimate of drug-likeness (QED) is 0.0268. The highest BCUT2D eigenvalue weighted by Gasteiger charge is 2.36. The molecule has 2 N–H and O–H groups in total. The monoisotopic (exact) mass is 910 g/mol.